The zero-order valence-electron chi connectivity index (χ0n) is 11.5. The quantitative estimate of drug-likeness (QED) is 0.648. The fourth-order valence-electron chi connectivity index (χ4n) is 1.78. The fourth-order valence-corrected chi connectivity index (χ4v) is 33.1. The van der Waals surface area contributed by atoms with Crippen molar-refractivity contribution < 1.29 is 13.2 Å². The van der Waals surface area contributed by atoms with Gasteiger partial charge in [-0.15, -0.1) is 0 Å². The lowest BCUT2D eigenvalue weighted by atomic mass is 10.5. The van der Waals surface area contributed by atoms with Crippen molar-refractivity contribution in [3.05, 3.63) is 0 Å². The van der Waals surface area contributed by atoms with Crippen LogP contribution in [0.5, 0.6) is 0 Å². The van der Waals surface area contributed by atoms with Crippen LogP contribution >= 0.6 is 0 Å². The minimum Gasteiger partial charge on any atom is -0.171 e. The second kappa shape index (κ2) is 4.61. The molecule has 16 heavy (non-hydrogen) atoms. The van der Waals surface area contributed by atoms with Gasteiger partial charge >= 0.3 is 6.18 Å². The van der Waals surface area contributed by atoms with E-state index in [1.165, 1.54) is 0 Å². The summed E-state index contributed by atoms with van der Waals surface area (Å²) in [6.07, 6.45) is -4.55. The molecule has 0 aromatic heterocycles. The smallest absolute Gasteiger partial charge is 0.171 e. The highest BCUT2D eigenvalue weighted by atomic mass is 29.6. The topological polar surface area (TPSA) is 0 Å². The van der Waals surface area contributed by atoms with Gasteiger partial charge in [-0.2, -0.15) is 13.2 Å². The molecule has 6 heteroatoms. The highest BCUT2D eigenvalue weighted by Crippen LogP contribution is 2.35. The van der Waals surface area contributed by atoms with E-state index in [0.717, 1.165) is 0 Å². The van der Waals surface area contributed by atoms with Crippen molar-refractivity contribution in [2.24, 2.45) is 0 Å². The Labute approximate surface area is 100 Å². The Morgan fingerprint density at radius 1 is 0.812 bits per heavy atom. The number of rotatable bonds is 4. The van der Waals surface area contributed by atoms with Crippen molar-refractivity contribution in [3.8, 4) is 0 Å². The Balaban J connectivity index is 4.79. The van der Waals surface area contributed by atoms with Gasteiger partial charge in [0.1, 0.15) is 0 Å². The van der Waals surface area contributed by atoms with Gasteiger partial charge in [-0.25, -0.2) is 0 Å². The Morgan fingerprint density at radius 3 is 1.44 bits per heavy atom. The molecule has 0 N–H and O–H groups in total. The second-order valence-electron chi connectivity index (χ2n) is 6.87. The van der Waals surface area contributed by atoms with Crippen LogP contribution in [0, 0.1) is 0 Å². The largest absolute Gasteiger partial charge is 0.388 e. The van der Waals surface area contributed by atoms with Crippen molar-refractivity contribution in [2.75, 3.05) is 0 Å². The molecule has 0 aromatic carbocycles. The molecule has 0 saturated carbocycles. The van der Waals surface area contributed by atoms with Crippen LogP contribution in [0.15, 0.2) is 0 Å². The van der Waals surface area contributed by atoms with Crippen molar-refractivity contribution >= 4 is 22.3 Å². The Morgan fingerprint density at radius 2 is 1.19 bits per heavy atom. The molecule has 0 aromatic rings. The van der Waals surface area contributed by atoms with E-state index in [4.69, 9.17) is 0 Å². The predicted octanol–water partition coefficient (Wildman–Crippen LogP) is 4.85. The van der Waals surface area contributed by atoms with E-state index in [0.29, 0.717) is 6.04 Å². The van der Waals surface area contributed by atoms with Crippen molar-refractivity contribution in [1.82, 2.24) is 0 Å². The van der Waals surface area contributed by atoms with Crippen molar-refractivity contribution in [3.63, 3.8) is 0 Å². The molecule has 0 radical (unpaired) electrons. The first-order chi connectivity index (χ1) is 6.71. The maximum absolute atomic E-state index is 12.3. The van der Waals surface area contributed by atoms with E-state index >= 15 is 0 Å². The summed E-state index contributed by atoms with van der Waals surface area (Å²) in [4.78, 5) is 0. The molecule has 0 fully saturated rings. The standard InChI is InChI=1S/C10H25F3Si3/c1-14(2,3)16(6,7)15(4,5)9-8-10(11,12)13/h8-9H2,1-7H3. The van der Waals surface area contributed by atoms with Gasteiger partial charge in [0.25, 0.3) is 0 Å². The van der Waals surface area contributed by atoms with Crippen LogP contribution in [0.1, 0.15) is 6.42 Å². The highest BCUT2D eigenvalue weighted by molar-refractivity contribution is 7.68. The van der Waals surface area contributed by atoms with Gasteiger partial charge in [0.05, 0.1) is 0 Å². The van der Waals surface area contributed by atoms with Crippen LogP contribution in [0.4, 0.5) is 13.2 Å². The van der Waals surface area contributed by atoms with Gasteiger partial charge in [0, 0.05) is 28.7 Å². The summed E-state index contributed by atoms with van der Waals surface area (Å²) < 4.78 is 37.0. The van der Waals surface area contributed by atoms with E-state index < -0.39 is 34.9 Å². The highest BCUT2D eigenvalue weighted by Gasteiger charge is 2.50. The van der Waals surface area contributed by atoms with Gasteiger partial charge in [-0.1, -0.05) is 51.9 Å². The van der Waals surface area contributed by atoms with Gasteiger partial charge in [-0.05, 0) is 0 Å². The van der Waals surface area contributed by atoms with Crippen LogP contribution in [0.25, 0.3) is 0 Å². The summed E-state index contributed by atoms with van der Waals surface area (Å²) >= 11 is 0. The molecule has 0 aliphatic carbocycles. The Kier molecular flexibility index (Phi) is 4.73. The Bertz CT molecular complexity index is 239. The van der Waals surface area contributed by atoms with Crippen LogP contribution in [-0.4, -0.2) is 28.5 Å². The van der Waals surface area contributed by atoms with Crippen molar-refractivity contribution in [2.45, 2.75) is 64.5 Å². The second-order valence-corrected chi connectivity index (χ2v) is 36.5. The lowest BCUT2D eigenvalue weighted by molar-refractivity contribution is -0.130. The molecule has 0 bridgehead atoms. The summed E-state index contributed by atoms with van der Waals surface area (Å²) in [6.45, 7) is 15.9. The number of alkyl halides is 3. The van der Waals surface area contributed by atoms with E-state index in [-0.39, 0.29) is 0 Å². The summed E-state index contributed by atoms with van der Waals surface area (Å²) in [5.74, 6) is 0. The zero-order chi connectivity index (χ0) is 13.4. The molecule has 0 aliphatic rings. The fraction of sp³-hybridized carbons (Fsp3) is 1.00. The molecule has 0 saturated heterocycles. The summed E-state index contributed by atoms with van der Waals surface area (Å²) in [5.41, 5.74) is 0. The van der Waals surface area contributed by atoms with E-state index in [1.807, 2.05) is 0 Å². The third-order valence-corrected chi connectivity index (χ3v) is 48.2. The first kappa shape index (κ1) is 16.4. The summed E-state index contributed by atoms with van der Waals surface area (Å²) in [5, 5.41) is 0. The minimum atomic E-state index is -3.98. The first-order valence-electron chi connectivity index (χ1n) is 5.77. The molecule has 0 heterocycles. The molecule has 0 aliphatic heterocycles. The molecular formula is C10H25F3Si3. The zero-order valence-corrected chi connectivity index (χ0v) is 14.5. The van der Waals surface area contributed by atoms with Crippen LogP contribution in [0.3, 0.4) is 0 Å². The predicted molar refractivity (Wildman–Crippen MR) is 73.8 cm³/mol. The maximum atomic E-state index is 12.3. The van der Waals surface area contributed by atoms with E-state index in [1.54, 1.807) is 0 Å². The molecular weight excluding hydrogens is 261 g/mol. The first-order valence-corrected chi connectivity index (χ1v) is 17.5. The lowest BCUT2D eigenvalue weighted by Gasteiger charge is -2.47. The summed E-state index contributed by atoms with van der Waals surface area (Å²) in [6, 6.07) is 0.417. The molecule has 0 atom stereocenters. The third kappa shape index (κ3) is 4.03. The molecule has 98 valence electrons. The molecule has 0 spiro atoms. The number of halogens is 3. The SMILES string of the molecule is C[Si](C)(C)[Si](C)(C)[Si](C)(C)CCC(F)(F)F. The average Bonchev–Trinajstić information content (AvgIpc) is 1.97. The van der Waals surface area contributed by atoms with E-state index in [9.17, 15) is 13.2 Å². The molecule has 0 rings (SSSR count). The minimum absolute atomic E-state index is 0.417. The lowest BCUT2D eigenvalue weighted by Crippen LogP contribution is -2.68. The maximum Gasteiger partial charge on any atom is 0.388 e. The van der Waals surface area contributed by atoms with Gasteiger partial charge in [0.15, 0.2) is 0 Å². The van der Waals surface area contributed by atoms with Crippen LogP contribution in [-0.2, 0) is 0 Å². The van der Waals surface area contributed by atoms with Crippen LogP contribution < -0.4 is 0 Å². The van der Waals surface area contributed by atoms with Crippen molar-refractivity contribution in [1.29, 1.82) is 0 Å². The molecule has 0 nitrogen and oxygen atoms in total. The normalized spacial score (nSPS) is 15.4. The molecule has 0 unspecified atom stereocenters. The Hall–Kier alpha value is 0.441. The van der Waals surface area contributed by atoms with Gasteiger partial charge in [0.2, 0.25) is 0 Å². The number of hydrogen-bond donors (Lipinski definition) is 0. The van der Waals surface area contributed by atoms with Gasteiger partial charge in [-0.3, -0.25) is 0 Å². The molecule has 0 amide bonds. The average molecular weight is 287 g/mol. The monoisotopic (exact) mass is 286 g/mol. The van der Waals surface area contributed by atoms with Gasteiger partial charge < -0.3 is 0 Å². The van der Waals surface area contributed by atoms with Crippen LogP contribution in [0.2, 0.25) is 51.9 Å². The third-order valence-electron chi connectivity index (χ3n) is 4.60. The number of hydrogen-bond acceptors (Lipinski definition) is 0. The summed E-state index contributed by atoms with van der Waals surface area (Å²) in [7, 11) is -4.43. The van der Waals surface area contributed by atoms with E-state index in [2.05, 4.69) is 45.8 Å².